The molecule has 0 unspecified atom stereocenters. The first-order valence-corrected chi connectivity index (χ1v) is 11.3. The van der Waals surface area contributed by atoms with E-state index in [9.17, 15) is 13.2 Å². The lowest BCUT2D eigenvalue weighted by Crippen LogP contribution is -2.30. The summed E-state index contributed by atoms with van der Waals surface area (Å²) >= 11 is 0. The normalized spacial score (nSPS) is 11.2. The largest absolute Gasteiger partial charge is 0.423 e. The number of anilines is 2. The zero-order chi connectivity index (χ0) is 22.6. The van der Waals surface area contributed by atoms with E-state index in [0.29, 0.717) is 28.4 Å². The van der Waals surface area contributed by atoms with Gasteiger partial charge >= 0.3 is 0 Å². The van der Waals surface area contributed by atoms with E-state index in [4.69, 9.17) is 4.42 Å². The Hall–Kier alpha value is -3.98. The molecule has 9 heteroatoms. The molecule has 0 aliphatic rings. The molecule has 8 nitrogen and oxygen atoms in total. The molecule has 0 atom stereocenters. The van der Waals surface area contributed by atoms with E-state index in [1.165, 1.54) is 35.0 Å². The molecule has 1 heterocycles. The van der Waals surface area contributed by atoms with Gasteiger partial charge in [-0.1, -0.05) is 24.3 Å². The van der Waals surface area contributed by atoms with Crippen LogP contribution in [-0.2, 0) is 10.0 Å². The van der Waals surface area contributed by atoms with Crippen LogP contribution in [-0.4, -0.2) is 31.1 Å². The lowest BCUT2D eigenvalue weighted by molar-refractivity contribution is 0.102. The van der Waals surface area contributed by atoms with E-state index in [1.54, 1.807) is 55.5 Å². The minimum absolute atomic E-state index is 0.109. The quantitative estimate of drug-likeness (QED) is 0.454. The lowest BCUT2D eigenvalue weighted by Gasteiger charge is -2.23. The first-order chi connectivity index (χ1) is 15.5. The molecule has 1 N–H and O–H groups in total. The smallest absolute Gasteiger partial charge is 0.264 e. The second-order valence-electron chi connectivity index (χ2n) is 6.81. The van der Waals surface area contributed by atoms with E-state index >= 15 is 0 Å². The fraction of sp³-hybridized carbons (Fsp3) is 0.0870. The van der Waals surface area contributed by atoms with Gasteiger partial charge in [-0.25, -0.2) is 8.42 Å². The number of aromatic nitrogens is 2. The summed E-state index contributed by atoms with van der Waals surface area (Å²) in [6, 6.07) is 21.7. The maximum atomic E-state index is 13.1. The number of para-hydroxylation sites is 1. The molecular weight excluding hydrogens is 428 g/mol. The molecule has 1 aromatic heterocycles. The zero-order valence-corrected chi connectivity index (χ0v) is 18.0. The van der Waals surface area contributed by atoms with Crippen LogP contribution in [0.5, 0.6) is 0 Å². The van der Waals surface area contributed by atoms with Crippen molar-refractivity contribution in [3.63, 3.8) is 0 Å². The van der Waals surface area contributed by atoms with Crippen LogP contribution in [0.2, 0.25) is 0 Å². The number of rotatable bonds is 7. The predicted molar refractivity (Wildman–Crippen MR) is 121 cm³/mol. The van der Waals surface area contributed by atoms with Gasteiger partial charge < -0.3 is 9.73 Å². The van der Waals surface area contributed by atoms with Crippen LogP contribution in [0.25, 0.3) is 11.5 Å². The second-order valence-corrected chi connectivity index (χ2v) is 8.67. The molecule has 0 radical (unpaired) electrons. The molecule has 0 saturated heterocycles. The molecule has 0 saturated carbocycles. The fourth-order valence-corrected chi connectivity index (χ4v) is 4.70. The van der Waals surface area contributed by atoms with Gasteiger partial charge in [-0.05, 0) is 61.5 Å². The molecule has 162 valence electrons. The van der Waals surface area contributed by atoms with Crippen LogP contribution in [0, 0.1) is 0 Å². The molecule has 32 heavy (non-hydrogen) atoms. The summed E-state index contributed by atoms with van der Waals surface area (Å²) in [5.74, 6) is -0.0263. The summed E-state index contributed by atoms with van der Waals surface area (Å²) in [4.78, 5) is 12.8. The minimum Gasteiger partial charge on any atom is -0.423 e. The average molecular weight is 449 g/mol. The number of hydrogen-bond donors (Lipinski definition) is 1. The van der Waals surface area contributed by atoms with Crippen molar-refractivity contribution in [1.29, 1.82) is 0 Å². The van der Waals surface area contributed by atoms with Gasteiger partial charge in [0.2, 0.25) is 12.3 Å². The topological polar surface area (TPSA) is 105 Å². The summed E-state index contributed by atoms with van der Waals surface area (Å²) in [6.45, 7) is 2.06. The van der Waals surface area contributed by atoms with Gasteiger partial charge in [0.1, 0.15) is 0 Å². The van der Waals surface area contributed by atoms with Crippen molar-refractivity contribution < 1.29 is 17.6 Å². The Labute approximate surface area is 185 Å². The van der Waals surface area contributed by atoms with Crippen LogP contribution in [0.3, 0.4) is 0 Å². The Kier molecular flexibility index (Phi) is 6.00. The summed E-state index contributed by atoms with van der Waals surface area (Å²) in [5, 5.41) is 10.3. The molecule has 4 rings (SSSR count). The summed E-state index contributed by atoms with van der Waals surface area (Å²) in [6.07, 6.45) is 1.23. The third-order valence-electron chi connectivity index (χ3n) is 4.76. The number of benzene rings is 3. The summed E-state index contributed by atoms with van der Waals surface area (Å²) in [7, 11) is -3.76. The number of carbonyl (C=O) groups excluding carboxylic acids is 1. The molecule has 4 aromatic rings. The number of amides is 1. The Balaban J connectivity index is 1.52. The van der Waals surface area contributed by atoms with Gasteiger partial charge in [0, 0.05) is 23.4 Å². The highest BCUT2D eigenvalue weighted by Crippen LogP contribution is 2.24. The lowest BCUT2D eigenvalue weighted by atomic mass is 10.1. The maximum absolute atomic E-state index is 13.1. The van der Waals surface area contributed by atoms with Gasteiger partial charge in [0.15, 0.2) is 0 Å². The SMILES string of the molecule is CCN(c1ccccc1)S(=O)(=O)c1ccc(C(=O)Nc2cccc(-c3nnco3)c2)cc1. The number of carbonyl (C=O) groups is 1. The van der Waals surface area contributed by atoms with Crippen molar-refractivity contribution in [1.82, 2.24) is 10.2 Å². The number of sulfonamides is 1. The van der Waals surface area contributed by atoms with E-state index in [1.807, 2.05) is 6.07 Å². The van der Waals surface area contributed by atoms with Crippen molar-refractivity contribution >= 4 is 27.3 Å². The standard InChI is InChI=1S/C23H20N4O4S/c1-2-27(20-9-4-3-5-10-20)32(29,30)21-13-11-17(12-14-21)22(28)25-19-8-6-7-18(15-19)23-26-24-16-31-23/h3-16H,2H2,1H3,(H,25,28). The molecule has 0 fully saturated rings. The first-order valence-electron chi connectivity index (χ1n) is 9.85. The molecule has 1 amide bonds. The van der Waals surface area contributed by atoms with Crippen LogP contribution >= 0.6 is 0 Å². The average Bonchev–Trinajstić information content (AvgIpc) is 3.35. The second kappa shape index (κ2) is 9.03. The van der Waals surface area contributed by atoms with Crippen LogP contribution in [0.4, 0.5) is 11.4 Å². The third kappa shape index (κ3) is 4.37. The van der Waals surface area contributed by atoms with Crippen molar-refractivity contribution in [2.75, 3.05) is 16.2 Å². The maximum Gasteiger partial charge on any atom is 0.264 e. The number of nitrogens with zero attached hydrogens (tertiary/aromatic N) is 3. The van der Waals surface area contributed by atoms with Gasteiger partial charge in [-0.15, -0.1) is 10.2 Å². The van der Waals surface area contributed by atoms with Crippen LogP contribution in [0.15, 0.2) is 94.6 Å². The van der Waals surface area contributed by atoms with Gasteiger partial charge in [-0.2, -0.15) is 0 Å². The van der Waals surface area contributed by atoms with Gasteiger partial charge in [0.05, 0.1) is 10.6 Å². The van der Waals surface area contributed by atoms with E-state index in [-0.39, 0.29) is 17.3 Å². The molecular formula is C23H20N4O4S. The van der Waals surface area contributed by atoms with E-state index < -0.39 is 10.0 Å². The van der Waals surface area contributed by atoms with Crippen molar-refractivity contribution in [2.45, 2.75) is 11.8 Å². The highest BCUT2D eigenvalue weighted by Gasteiger charge is 2.23. The Morgan fingerprint density at radius 2 is 1.75 bits per heavy atom. The molecule has 0 bridgehead atoms. The Morgan fingerprint density at radius 1 is 1.00 bits per heavy atom. The third-order valence-corrected chi connectivity index (χ3v) is 6.68. The Bertz CT molecular complexity index is 1310. The predicted octanol–water partition coefficient (Wildman–Crippen LogP) is 4.20. The van der Waals surface area contributed by atoms with Gasteiger partial charge in [0.25, 0.3) is 15.9 Å². The molecule has 3 aromatic carbocycles. The van der Waals surface area contributed by atoms with Crippen LogP contribution < -0.4 is 9.62 Å². The van der Waals surface area contributed by atoms with Crippen LogP contribution in [0.1, 0.15) is 17.3 Å². The number of hydrogen-bond acceptors (Lipinski definition) is 6. The van der Waals surface area contributed by atoms with E-state index in [2.05, 4.69) is 15.5 Å². The zero-order valence-electron chi connectivity index (χ0n) is 17.2. The number of nitrogens with one attached hydrogen (secondary N) is 1. The molecule has 0 spiro atoms. The Morgan fingerprint density at radius 3 is 2.41 bits per heavy atom. The molecule has 0 aliphatic carbocycles. The van der Waals surface area contributed by atoms with E-state index in [0.717, 1.165) is 0 Å². The monoisotopic (exact) mass is 448 g/mol. The summed E-state index contributed by atoms with van der Waals surface area (Å²) in [5.41, 5.74) is 2.12. The highest BCUT2D eigenvalue weighted by molar-refractivity contribution is 7.92. The fourth-order valence-electron chi connectivity index (χ4n) is 3.22. The first kappa shape index (κ1) is 21.3. The van der Waals surface area contributed by atoms with Crippen molar-refractivity contribution in [3.05, 3.63) is 90.8 Å². The molecule has 0 aliphatic heterocycles. The summed E-state index contributed by atoms with van der Waals surface area (Å²) < 4.78 is 32.7. The van der Waals surface area contributed by atoms with Gasteiger partial charge in [-0.3, -0.25) is 9.10 Å². The van der Waals surface area contributed by atoms with Crippen molar-refractivity contribution in [3.8, 4) is 11.5 Å². The highest BCUT2D eigenvalue weighted by atomic mass is 32.2. The van der Waals surface area contributed by atoms with Crippen molar-refractivity contribution in [2.24, 2.45) is 0 Å². The minimum atomic E-state index is -3.76.